The number of guanidine groups is 3. The van der Waals surface area contributed by atoms with E-state index in [1.54, 1.807) is 6.20 Å². The lowest BCUT2D eigenvalue weighted by atomic mass is 9.82. The highest BCUT2D eigenvalue weighted by molar-refractivity contribution is 5.99. The van der Waals surface area contributed by atoms with Crippen molar-refractivity contribution in [2.45, 2.75) is 93.0 Å². The van der Waals surface area contributed by atoms with Gasteiger partial charge in [-0.3, -0.25) is 43.7 Å². The van der Waals surface area contributed by atoms with Gasteiger partial charge >= 0.3 is 0 Å². The van der Waals surface area contributed by atoms with Crippen LogP contribution < -0.4 is 66.3 Å². The number of rotatable bonds is 20. The van der Waals surface area contributed by atoms with E-state index < -0.39 is 83.5 Å². The summed E-state index contributed by atoms with van der Waals surface area (Å²) in [5.74, 6) is -6.96. The van der Waals surface area contributed by atoms with E-state index >= 15 is 19.2 Å². The zero-order chi connectivity index (χ0) is 57.7. The number of hydrogen-bond donors (Lipinski definition) is 13. The van der Waals surface area contributed by atoms with E-state index in [-0.39, 0.29) is 82.5 Å². The minimum absolute atomic E-state index is 0.0333. The molecular weight excluding hydrogens is 1030 g/mol. The molecule has 1 fully saturated rings. The molecule has 6 aromatic rings. The average molecular weight is 1100 g/mol. The van der Waals surface area contributed by atoms with Crippen LogP contribution in [0.3, 0.4) is 0 Å². The van der Waals surface area contributed by atoms with Gasteiger partial charge in [-0.1, -0.05) is 140 Å². The number of nitrogens with one attached hydrogen (secondary N) is 7. The Morgan fingerprint density at radius 3 is 1.07 bits per heavy atom. The maximum atomic E-state index is 16.0. The Balaban J connectivity index is 1.43. The topological polar surface area (TPSA) is 384 Å². The van der Waals surface area contributed by atoms with Gasteiger partial charge in [0.25, 0.3) is 0 Å². The molecular formula is C59H72N16O6. The van der Waals surface area contributed by atoms with Crippen molar-refractivity contribution in [1.82, 2.24) is 36.9 Å². The fourth-order valence-corrected chi connectivity index (χ4v) is 10.0. The molecule has 7 rings (SSSR count). The summed E-state index contributed by atoms with van der Waals surface area (Å²) in [5, 5.41) is 18.5. The Kier molecular flexibility index (Phi) is 21.3. The van der Waals surface area contributed by atoms with E-state index in [0.29, 0.717) is 27.8 Å². The van der Waals surface area contributed by atoms with Crippen molar-refractivity contribution < 1.29 is 28.8 Å². The molecule has 1 aliphatic rings. The Labute approximate surface area is 469 Å². The summed E-state index contributed by atoms with van der Waals surface area (Å²) in [6, 6.07) is 35.5. The first-order valence-corrected chi connectivity index (χ1v) is 26.9. The summed E-state index contributed by atoms with van der Waals surface area (Å²) in [6.07, 6.45) is 2.09. The predicted molar refractivity (Wildman–Crippen MR) is 313 cm³/mol. The molecule has 6 amide bonds. The number of carbonyl (C=O) groups is 6. The molecule has 0 spiro atoms. The lowest BCUT2D eigenvalue weighted by Crippen LogP contribution is -2.63. The SMILES string of the molecule is NC(N)=NCCC[C@@H]1NC(=O)[C@H](CCCN=C(N)N)NC(=O)[C@H](Cc2c[nH]c3ccccc23)NC(=O)[C@H](C(c2ccccc2)c2ccccc2)NC(=O)[C@H](C(c2ccccc2)c2ccccc2)NC(=O)[C@H](CCCN=C(N)N)NC1=O. The van der Waals surface area contributed by atoms with Gasteiger partial charge in [0.2, 0.25) is 35.4 Å². The molecule has 0 radical (unpaired) electrons. The largest absolute Gasteiger partial charge is 0.370 e. The molecule has 0 bridgehead atoms. The lowest BCUT2D eigenvalue weighted by Gasteiger charge is -2.34. The Bertz CT molecular complexity index is 3070. The second-order valence-corrected chi connectivity index (χ2v) is 19.7. The van der Waals surface area contributed by atoms with Crippen LogP contribution in [0.2, 0.25) is 0 Å². The van der Waals surface area contributed by atoms with Crippen LogP contribution in [0.1, 0.15) is 78.2 Å². The van der Waals surface area contributed by atoms with Crippen LogP contribution >= 0.6 is 0 Å². The number of H-pyrrole nitrogens is 1. The Morgan fingerprint density at radius 1 is 0.383 bits per heavy atom. The van der Waals surface area contributed by atoms with Gasteiger partial charge in [-0.25, -0.2) is 0 Å². The van der Waals surface area contributed by atoms with Crippen LogP contribution in [0.25, 0.3) is 10.9 Å². The molecule has 19 N–H and O–H groups in total. The van der Waals surface area contributed by atoms with Crippen molar-refractivity contribution in [3.63, 3.8) is 0 Å². The lowest BCUT2D eigenvalue weighted by molar-refractivity contribution is -0.137. The molecule has 0 unspecified atom stereocenters. The number of nitrogens with zero attached hydrogens (tertiary/aromatic N) is 3. The van der Waals surface area contributed by atoms with Crippen LogP contribution in [0.5, 0.6) is 0 Å². The second kappa shape index (κ2) is 29.3. The zero-order valence-corrected chi connectivity index (χ0v) is 44.9. The summed E-state index contributed by atoms with van der Waals surface area (Å²) in [4.78, 5) is 108. The van der Waals surface area contributed by atoms with Crippen LogP contribution in [-0.4, -0.2) is 114 Å². The molecule has 6 atom stereocenters. The second-order valence-electron chi connectivity index (χ2n) is 19.7. The maximum Gasteiger partial charge on any atom is 0.244 e. The van der Waals surface area contributed by atoms with Gasteiger partial charge in [-0.15, -0.1) is 0 Å². The quantitative estimate of drug-likeness (QED) is 0.0294. The number of hydrogen-bond acceptors (Lipinski definition) is 9. The van der Waals surface area contributed by atoms with Crippen molar-refractivity contribution in [3.8, 4) is 0 Å². The zero-order valence-electron chi connectivity index (χ0n) is 44.9. The van der Waals surface area contributed by atoms with Gasteiger partial charge in [0, 0.05) is 55.0 Å². The van der Waals surface area contributed by atoms with E-state index in [0.717, 1.165) is 10.9 Å². The van der Waals surface area contributed by atoms with E-state index in [9.17, 15) is 9.59 Å². The van der Waals surface area contributed by atoms with Crippen molar-refractivity contribution in [3.05, 3.63) is 180 Å². The number of aliphatic imine (C=N–C) groups is 3. The van der Waals surface area contributed by atoms with Gasteiger partial charge in [-0.2, -0.15) is 0 Å². The molecule has 5 aromatic carbocycles. The first-order valence-electron chi connectivity index (χ1n) is 26.9. The van der Waals surface area contributed by atoms with E-state index in [1.165, 1.54) is 0 Å². The summed E-state index contributed by atoms with van der Waals surface area (Å²) < 4.78 is 0. The van der Waals surface area contributed by atoms with Crippen LogP contribution in [0.15, 0.2) is 167 Å². The number of fused-ring (bicyclic) bond motifs is 1. The smallest absolute Gasteiger partial charge is 0.244 e. The van der Waals surface area contributed by atoms with Crippen LogP contribution in [0.4, 0.5) is 0 Å². The average Bonchev–Trinajstić information content (AvgIpc) is 3.97. The number of para-hydroxylation sites is 1. The number of benzene rings is 5. The highest BCUT2D eigenvalue weighted by atomic mass is 16.2. The fraction of sp³-hybridized carbons (Fsp3) is 0.305. The Morgan fingerprint density at radius 2 is 0.691 bits per heavy atom. The summed E-state index contributed by atoms with van der Waals surface area (Å²) in [6.45, 7) is 0.224. The normalized spacial score (nSPS) is 19.4. The van der Waals surface area contributed by atoms with Crippen molar-refractivity contribution in [1.29, 1.82) is 0 Å². The van der Waals surface area contributed by atoms with Gasteiger partial charge in [0.1, 0.15) is 36.3 Å². The van der Waals surface area contributed by atoms with E-state index in [4.69, 9.17) is 34.4 Å². The number of amides is 6. The molecule has 81 heavy (non-hydrogen) atoms. The van der Waals surface area contributed by atoms with Gasteiger partial charge < -0.3 is 71.3 Å². The summed E-state index contributed by atoms with van der Waals surface area (Å²) in [5.41, 5.74) is 37.9. The van der Waals surface area contributed by atoms with Gasteiger partial charge in [0.05, 0.1) is 0 Å². The third-order valence-corrected chi connectivity index (χ3v) is 13.9. The molecule has 424 valence electrons. The molecule has 22 heteroatoms. The minimum Gasteiger partial charge on any atom is -0.370 e. The van der Waals surface area contributed by atoms with Crippen molar-refractivity contribution >= 4 is 64.2 Å². The number of carbonyl (C=O) groups excluding carboxylic acids is 6. The van der Waals surface area contributed by atoms with Gasteiger partial charge in [0.15, 0.2) is 17.9 Å². The third-order valence-electron chi connectivity index (χ3n) is 13.9. The standard InChI is InChI=1S/C59H72N16O6/c60-57(61)66-31-15-28-43-51(76)71-45(30-17-33-68-59(64)65)53(78)74-50(48(38-22-9-3-10-23-38)39-24-11-4-12-25-39)56(81)75-49(47(36-18-5-1-6-19-36)37-20-7-2-8-21-37)55(80)73-46(34-40-35-69-42-27-14-13-26-41(40)42)54(79)72-44(52(77)70-43)29-16-32-67-58(62)63/h1-14,18-27,35,43-50,69H,15-17,28-34H2,(H,70,77)(H,71,76)(H,72,79)(H,73,80)(H,74,78)(H,75,81)(H4,60,61,66)(H4,62,63,67)(H4,64,65,68)/t43-,44-,45-,46-,49-,50-/m0/s1. The number of aromatic nitrogens is 1. The highest BCUT2D eigenvalue weighted by Gasteiger charge is 2.41. The number of aromatic amines is 1. The number of nitrogens with two attached hydrogens (primary N) is 6. The first-order chi connectivity index (χ1) is 39.2. The summed E-state index contributed by atoms with van der Waals surface area (Å²) in [7, 11) is 0. The molecule has 1 aliphatic heterocycles. The van der Waals surface area contributed by atoms with Gasteiger partial charge in [-0.05, 0) is 72.4 Å². The minimum atomic E-state index is -1.49. The molecule has 1 aromatic heterocycles. The van der Waals surface area contributed by atoms with Crippen molar-refractivity contribution in [2.75, 3.05) is 19.6 Å². The molecule has 0 saturated carbocycles. The molecule has 22 nitrogen and oxygen atoms in total. The molecule has 0 aliphatic carbocycles. The fourth-order valence-electron chi connectivity index (χ4n) is 10.0. The van der Waals surface area contributed by atoms with E-state index in [2.05, 4.69) is 51.9 Å². The van der Waals surface area contributed by atoms with Crippen LogP contribution in [0, 0.1) is 0 Å². The van der Waals surface area contributed by atoms with Crippen molar-refractivity contribution in [2.24, 2.45) is 49.4 Å². The summed E-state index contributed by atoms with van der Waals surface area (Å²) >= 11 is 0. The molecule has 1 saturated heterocycles. The first kappa shape index (κ1) is 58.9. The highest BCUT2D eigenvalue weighted by Crippen LogP contribution is 2.32. The van der Waals surface area contributed by atoms with E-state index in [1.807, 2.05) is 146 Å². The van der Waals surface area contributed by atoms with Crippen LogP contribution in [-0.2, 0) is 35.2 Å². The Hall–Kier alpha value is -9.73. The molecule has 2 heterocycles. The monoisotopic (exact) mass is 1100 g/mol. The predicted octanol–water partition coefficient (Wildman–Crippen LogP) is 1.46. The third kappa shape index (κ3) is 16.9. The maximum absolute atomic E-state index is 16.0.